The third-order valence-electron chi connectivity index (χ3n) is 9.36. The molecule has 38 heavy (non-hydrogen) atoms. The monoisotopic (exact) mass is 533 g/mol. The van der Waals surface area contributed by atoms with Gasteiger partial charge >= 0.3 is 12.2 Å². The molecule has 9 nitrogen and oxygen atoms in total. The van der Waals surface area contributed by atoms with E-state index in [2.05, 4.69) is 4.90 Å². The lowest BCUT2D eigenvalue weighted by Crippen LogP contribution is -2.56. The first-order valence-corrected chi connectivity index (χ1v) is 14.0. The SMILES string of the molecule is COCCOC(=O)N1CC2(CCN(C3CC4CCC(C3)N4C(=O)O[C@@H]3CCOC3)CC2)c2cc(F)ccc21.[HH]. The second kappa shape index (κ2) is 10.6. The summed E-state index contributed by atoms with van der Waals surface area (Å²) in [6, 6.07) is 5.59. The minimum atomic E-state index is -0.408. The highest BCUT2D eigenvalue weighted by Gasteiger charge is 2.50. The van der Waals surface area contributed by atoms with E-state index in [-0.39, 0.29) is 43.5 Å². The number of fused-ring (bicyclic) bond motifs is 4. The molecule has 4 saturated heterocycles. The van der Waals surface area contributed by atoms with E-state index < -0.39 is 6.09 Å². The second-order valence-corrected chi connectivity index (χ2v) is 11.5. The van der Waals surface area contributed by atoms with Crippen molar-refractivity contribution in [3.63, 3.8) is 0 Å². The first-order chi connectivity index (χ1) is 18.5. The van der Waals surface area contributed by atoms with Crippen LogP contribution < -0.4 is 4.90 Å². The van der Waals surface area contributed by atoms with E-state index in [9.17, 15) is 14.0 Å². The normalized spacial score (nSPS) is 30.1. The molecular formula is C28H40FN3O6. The van der Waals surface area contributed by atoms with Gasteiger partial charge in [0, 0.05) is 45.0 Å². The van der Waals surface area contributed by atoms with Gasteiger partial charge in [-0.25, -0.2) is 14.0 Å². The third-order valence-corrected chi connectivity index (χ3v) is 9.36. The minimum absolute atomic E-state index is 0. The number of methoxy groups -OCH3 is 1. The van der Waals surface area contributed by atoms with E-state index in [1.807, 2.05) is 4.90 Å². The van der Waals surface area contributed by atoms with Crippen LogP contribution in [-0.4, -0.2) is 99.4 Å². The molecule has 2 unspecified atom stereocenters. The van der Waals surface area contributed by atoms with Gasteiger partial charge in [-0.3, -0.25) is 4.90 Å². The molecule has 0 N–H and O–H groups in total. The first-order valence-electron chi connectivity index (χ1n) is 14.0. The number of ether oxygens (including phenoxy) is 4. The van der Waals surface area contributed by atoms with Gasteiger partial charge in [0.2, 0.25) is 0 Å². The number of halogens is 1. The van der Waals surface area contributed by atoms with E-state index in [1.54, 1.807) is 24.1 Å². The molecule has 1 aromatic carbocycles. The topological polar surface area (TPSA) is 80.8 Å². The number of likely N-dealkylation sites (tertiary alicyclic amines) is 1. The van der Waals surface area contributed by atoms with Crippen LogP contribution in [0.25, 0.3) is 0 Å². The van der Waals surface area contributed by atoms with Crippen molar-refractivity contribution in [1.29, 1.82) is 0 Å². The van der Waals surface area contributed by atoms with Crippen molar-refractivity contribution < 1.29 is 34.4 Å². The molecule has 0 aromatic heterocycles. The third kappa shape index (κ3) is 4.75. The Balaban J connectivity index is 0.00000308. The molecule has 5 aliphatic rings. The van der Waals surface area contributed by atoms with Crippen LogP contribution >= 0.6 is 0 Å². The highest BCUT2D eigenvalue weighted by atomic mass is 19.1. The van der Waals surface area contributed by atoms with Crippen LogP contribution in [0, 0.1) is 5.82 Å². The van der Waals surface area contributed by atoms with Gasteiger partial charge in [-0.1, -0.05) is 0 Å². The summed E-state index contributed by atoms with van der Waals surface area (Å²) < 4.78 is 35.9. The zero-order chi connectivity index (χ0) is 26.3. The highest BCUT2D eigenvalue weighted by Crippen LogP contribution is 2.48. The number of piperidine rings is 2. The average molecular weight is 534 g/mol. The van der Waals surface area contributed by atoms with Crippen LogP contribution in [0.3, 0.4) is 0 Å². The fourth-order valence-corrected chi connectivity index (χ4v) is 7.39. The molecule has 3 atom stereocenters. The van der Waals surface area contributed by atoms with Gasteiger partial charge in [0.05, 0.1) is 25.5 Å². The summed E-state index contributed by atoms with van der Waals surface area (Å²) in [5, 5.41) is 0. The Kier molecular flexibility index (Phi) is 7.22. The maximum atomic E-state index is 14.4. The van der Waals surface area contributed by atoms with Crippen LogP contribution in [-0.2, 0) is 24.4 Å². The van der Waals surface area contributed by atoms with Gasteiger partial charge < -0.3 is 28.7 Å². The number of rotatable bonds is 5. The van der Waals surface area contributed by atoms with Crippen molar-refractivity contribution in [2.75, 3.05) is 58.1 Å². The Bertz CT molecular complexity index is 1030. The maximum Gasteiger partial charge on any atom is 0.414 e. The van der Waals surface area contributed by atoms with Crippen LogP contribution in [0.2, 0.25) is 0 Å². The summed E-state index contributed by atoms with van der Waals surface area (Å²) in [5.41, 5.74) is 1.38. The number of hydrogen-bond donors (Lipinski definition) is 0. The fraction of sp³-hybridized carbons (Fsp3) is 0.714. The van der Waals surface area contributed by atoms with E-state index in [1.165, 1.54) is 6.07 Å². The lowest BCUT2D eigenvalue weighted by molar-refractivity contribution is 0.00967. The van der Waals surface area contributed by atoms with Gasteiger partial charge in [0.25, 0.3) is 0 Å². The number of nitrogens with zero attached hydrogens (tertiary/aromatic N) is 3. The smallest absolute Gasteiger partial charge is 0.414 e. The molecule has 6 rings (SSSR count). The average Bonchev–Trinajstić information content (AvgIpc) is 3.60. The summed E-state index contributed by atoms with van der Waals surface area (Å²) in [6.07, 6.45) is 5.77. The molecule has 4 fully saturated rings. The molecule has 5 aliphatic heterocycles. The van der Waals surface area contributed by atoms with Crippen LogP contribution in [0.4, 0.5) is 19.7 Å². The summed E-state index contributed by atoms with van der Waals surface area (Å²) in [4.78, 5) is 32.0. The molecule has 0 saturated carbocycles. The van der Waals surface area contributed by atoms with Crippen molar-refractivity contribution >= 4 is 17.9 Å². The van der Waals surface area contributed by atoms with Gasteiger partial charge in [-0.15, -0.1) is 0 Å². The Morgan fingerprint density at radius 2 is 1.84 bits per heavy atom. The molecular weight excluding hydrogens is 493 g/mol. The predicted molar refractivity (Wildman–Crippen MR) is 139 cm³/mol. The number of carbonyl (C=O) groups is 2. The van der Waals surface area contributed by atoms with Crippen LogP contribution in [0.5, 0.6) is 0 Å². The second-order valence-electron chi connectivity index (χ2n) is 11.5. The number of amides is 2. The van der Waals surface area contributed by atoms with Gasteiger partial charge in [-0.05, 0) is 75.4 Å². The summed E-state index contributed by atoms with van der Waals surface area (Å²) >= 11 is 0. The Morgan fingerprint density at radius 1 is 1.08 bits per heavy atom. The predicted octanol–water partition coefficient (Wildman–Crippen LogP) is 3.93. The van der Waals surface area contributed by atoms with Crippen molar-refractivity contribution in [3.05, 3.63) is 29.6 Å². The minimum Gasteiger partial charge on any atom is -0.447 e. The molecule has 10 heteroatoms. The van der Waals surface area contributed by atoms with Crippen molar-refractivity contribution in [2.24, 2.45) is 0 Å². The number of hydrogen-bond acceptors (Lipinski definition) is 7. The molecule has 5 heterocycles. The van der Waals surface area contributed by atoms with Gasteiger partial charge in [0.1, 0.15) is 18.5 Å². The molecule has 0 radical (unpaired) electrons. The zero-order valence-electron chi connectivity index (χ0n) is 22.1. The van der Waals surface area contributed by atoms with E-state index in [0.29, 0.717) is 32.4 Å². The van der Waals surface area contributed by atoms with Gasteiger partial charge in [0.15, 0.2) is 0 Å². The molecule has 210 valence electrons. The quantitative estimate of drug-likeness (QED) is 0.531. The molecule has 0 aliphatic carbocycles. The highest BCUT2D eigenvalue weighted by molar-refractivity contribution is 5.91. The molecule has 2 bridgehead atoms. The van der Waals surface area contributed by atoms with Crippen molar-refractivity contribution in [1.82, 2.24) is 9.80 Å². The van der Waals surface area contributed by atoms with E-state index in [0.717, 1.165) is 69.3 Å². The Morgan fingerprint density at radius 3 is 2.53 bits per heavy atom. The molecule has 1 aromatic rings. The Labute approximate surface area is 224 Å². The zero-order valence-corrected chi connectivity index (χ0v) is 22.1. The fourth-order valence-electron chi connectivity index (χ4n) is 7.39. The van der Waals surface area contributed by atoms with Crippen LogP contribution in [0.1, 0.15) is 51.9 Å². The van der Waals surface area contributed by atoms with Crippen molar-refractivity contribution in [3.8, 4) is 0 Å². The van der Waals surface area contributed by atoms with E-state index >= 15 is 0 Å². The largest absolute Gasteiger partial charge is 0.447 e. The number of anilines is 1. The number of carbonyl (C=O) groups excluding carboxylic acids is 2. The van der Waals surface area contributed by atoms with Crippen molar-refractivity contribution in [2.45, 2.75) is 74.6 Å². The Hall–Kier alpha value is -2.43. The van der Waals surface area contributed by atoms with E-state index in [4.69, 9.17) is 18.9 Å². The summed E-state index contributed by atoms with van der Waals surface area (Å²) in [7, 11) is 1.57. The lowest BCUT2D eigenvalue weighted by atomic mass is 9.73. The summed E-state index contributed by atoms with van der Waals surface area (Å²) in [6.45, 7) is 3.96. The first kappa shape index (κ1) is 25.8. The number of benzene rings is 1. The molecule has 1 spiro atoms. The summed E-state index contributed by atoms with van der Waals surface area (Å²) in [5.74, 6) is -0.278. The van der Waals surface area contributed by atoms with Gasteiger partial charge in [-0.2, -0.15) is 0 Å². The standard InChI is InChI=1S/C28H38FN3O6.H2/c1-35-12-13-37-26(33)31-18-28(24-14-19(29)2-5-25(24)31)7-9-30(10-8-28)22-15-20-3-4-21(16-22)32(20)27(34)38-23-6-11-36-17-23;/h2,5,14,20-23H,3-4,6-13,15-18H2,1H3;1H/t20?,21?,22?,23-;/m1./s1. The maximum absolute atomic E-state index is 14.4. The molecule has 2 amide bonds. The lowest BCUT2D eigenvalue weighted by Gasteiger charge is -2.47. The van der Waals surface area contributed by atoms with Crippen LogP contribution in [0.15, 0.2) is 18.2 Å².